The Balaban J connectivity index is 1.14. The molecular weight excluding hydrogens is 924 g/mol. The van der Waals surface area contributed by atoms with Crippen LogP contribution in [0.1, 0.15) is 155 Å². The van der Waals surface area contributed by atoms with Crippen LogP contribution in [0.2, 0.25) is 0 Å². The second kappa shape index (κ2) is 13.9. The maximum absolute atomic E-state index is 7.28. The third-order valence-electron chi connectivity index (χ3n) is 20.4. The summed E-state index contributed by atoms with van der Waals surface area (Å²) in [6, 6.07) is 47.7. The van der Waals surface area contributed by atoms with Gasteiger partial charge >= 0.3 is 6.85 Å². The van der Waals surface area contributed by atoms with Gasteiger partial charge in [0.2, 0.25) is 0 Å². The molecule has 376 valence electrons. The summed E-state index contributed by atoms with van der Waals surface area (Å²) in [5.41, 5.74) is 27.7. The number of hydrogen-bond donors (Lipinski definition) is 0. The van der Waals surface area contributed by atoms with Crippen molar-refractivity contribution in [1.82, 2.24) is 4.57 Å². The van der Waals surface area contributed by atoms with Crippen LogP contribution in [-0.4, -0.2) is 11.4 Å². The van der Waals surface area contributed by atoms with Crippen LogP contribution in [0.5, 0.6) is 0 Å². The zero-order chi connectivity index (χ0) is 52.3. The Bertz CT molecular complexity index is 4480. The number of nitrogens with zero attached hydrogens (tertiary/aromatic N) is 2. The molecule has 0 fully saturated rings. The highest BCUT2D eigenvalue weighted by molar-refractivity contribution is 6.94. The van der Waals surface area contributed by atoms with E-state index in [0.29, 0.717) is 0 Å². The van der Waals surface area contributed by atoms with Gasteiger partial charge in [-0.15, -0.1) is 0 Å². The maximum Gasteiger partial charge on any atom is 0.333 e. The molecule has 3 aliphatic carbocycles. The average Bonchev–Trinajstić information content (AvgIpc) is 4.02. The van der Waals surface area contributed by atoms with E-state index in [-0.39, 0.29) is 39.3 Å². The number of fused-ring (bicyclic) bond motifs is 21. The summed E-state index contributed by atoms with van der Waals surface area (Å²) in [6.07, 6.45) is 4.62. The first kappa shape index (κ1) is 45.2. The van der Waals surface area contributed by atoms with Crippen molar-refractivity contribution in [3.8, 4) is 27.9 Å². The van der Waals surface area contributed by atoms with Crippen LogP contribution >= 0.6 is 0 Å². The van der Waals surface area contributed by atoms with Gasteiger partial charge in [0.05, 0.1) is 11.0 Å². The first-order chi connectivity index (χ1) is 36.0. The van der Waals surface area contributed by atoms with Crippen LogP contribution < -0.4 is 15.7 Å². The van der Waals surface area contributed by atoms with Crippen molar-refractivity contribution >= 4 is 94.8 Å². The number of anilines is 2. The van der Waals surface area contributed by atoms with Crippen LogP contribution in [0, 0.1) is 0 Å². The van der Waals surface area contributed by atoms with Gasteiger partial charge in [-0.2, -0.15) is 0 Å². The lowest BCUT2D eigenvalue weighted by molar-refractivity contribution is 0.332. The highest BCUT2D eigenvalue weighted by Gasteiger charge is 2.51. The Morgan fingerprint density at radius 2 is 1.04 bits per heavy atom. The highest BCUT2D eigenvalue weighted by atomic mass is 16.3. The summed E-state index contributed by atoms with van der Waals surface area (Å²) < 4.78 is 16.9. The Hall–Kier alpha value is -6.98. The van der Waals surface area contributed by atoms with E-state index in [4.69, 9.17) is 8.83 Å². The molecule has 76 heavy (non-hydrogen) atoms. The molecule has 4 nitrogen and oxygen atoms in total. The Kier molecular flexibility index (Phi) is 8.30. The standard InChI is InChI=1S/C71H67BN2O2/c1-66(2,3)38-22-24-39(25-23-38)74-54-33-44-42-30-48-51(70(10,11)29-27-67(48,4)5)36-58(42)76-57(44)34-46(54)61-60-41-19-14-16-20-47(41)71(12,13)63(60)62-45-31-49-50(69(8,9)28-26-68(49,6)7)35-53(45)73-55-37-59-43(40-18-15-17-21-56(40)75-59)32-52(55)72(74)64(61)65(62)73/h14-25,30-37H,26-29H2,1-13H3. The second-order valence-corrected chi connectivity index (χ2v) is 28.2. The summed E-state index contributed by atoms with van der Waals surface area (Å²) in [7, 11) is 0. The molecule has 0 unspecified atom stereocenters. The molecule has 5 aliphatic rings. The van der Waals surface area contributed by atoms with Crippen molar-refractivity contribution in [2.45, 2.75) is 148 Å². The molecule has 5 heterocycles. The first-order valence-corrected chi connectivity index (χ1v) is 28.3. The number of benzene rings is 8. The molecule has 3 aromatic heterocycles. The number of furan rings is 2. The lowest BCUT2D eigenvalue weighted by atomic mass is 9.43. The molecule has 2 aliphatic heterocycles. The SMILES string of the molecule is CC(C)(C)c1ccc(N2B3c4cc5c(cc4-n4c6cc7c(cc6c6c8c(c(c3c64)-c3cc4oc6cc9c(cc6c4cc32)C(C)(C)CCC9(C)C)-c2ccccc2C8(C)C)C(C)(C)CCC7(C)C)oc2ccccc25)cc1. The number of para-hydroxylation sites is 1. The molecular formula is C71H67BN2O2. The predicted octanol–water partition coefficient (Wildman–Crippen LogP) is 18.1. The third-order valence-corrected chi connectivity index (χ3v) is 20.4. The summed E-state index contributed by atoms with van der Waals surface area (Å²) in [4.78, 5) is 2.73. The van der Waals surface area contributed by atoms with Crippen molar-refractivity contribution in [2.75, 3.05) is 4.81 Å². The van der Waals surface area contributed by atoms with Gasteiger partial charge in [-0.25, -0.2) is 0 Å². The fourth-order valence-electron chi connectivity index (χ4n) is 15.9. The van der Waals surface area contributed by atoms with E-state index in [1.165, 1.54) is 122 Å². The van der Waals surface area contributed by atoms with E-state index < -0.39 is 0 Å². The van der Waals surface area contributed by atoms with Gasteiger partial charge in [0, 0.05) is 66.4 Å². The normalized spacial score (nSPS) is 18.9. The van der Waals surface area contributed by atoms with Gasteiger partial charge in [0.15, 0.2) is 0 Å². The minimum Gasteiger partial charge on any atom is -0.456 e. The lowest BCUT2D eigenvalue weighted by Gasteiger charge is -2.43. The average molecular weight is 991 g/mol. The van der Waals surface area contributed by atoms with E-state index in [9.17, 15) is 0 Å². The van der Waals surface area contributed by atoms with Crippen LogP contribution in [-0.2, 0) is 32.5 Å². The Morgan fingerprint density at radius 3 is 1.74 bits per heavy atom. The van der Waals surface area contributed by atoms with E-state index in [1.54, 1.807) is 0 Å². The summed E-state index contributed by atoms with van der Waals surface area (Å²) in [6.45, 7) is 31.4. The molecule has 5 heteroatoms. The minimum atomic E-state index is -0.300. The zero-order valence-electron chi connectivity index (χ0n) is 46.7. The highest BCUT2D eigenvalue weighted by Crippen LogP contribution is 2.61. The van der Waals surface area contributed by atoms with Crippen LogP contribution in [0.15, 0.2) is 130 Å². The number of hydrogen-bond acceptors (Lipinski definition) is 3. The fraction of sp³-hybridized carbons (Fsp3) is 0.324. The van der Waals surface area contributed by atoms with Crippen LogP contribution in [0.3, 0.4) is 0 Å². The molecule has 0 spiro atoms. The van der Waals surface area contributed by atoms with Gasteiger partial charge in [-0.1, -0.05) is 151 Å². The molecule has 8 aromatic carbocycles. The molecule has 0 atom stereocenters. The van der Waals surface area contributed by atoms with Gasteiger partial charge in [0.1, 0.15) is 22.3 Å². The zero-order valence-corrected chi connectivity index (χ0v) is 46.7. The Labute approximate surface area is 447 Å². The molecule has 0 radical (unpaired) electrons. The van der Waals surface area contributed by atoms with Crippen LogP contribution in [0.25, 0.3) is 93.6 Å². The van der Waals surface area contributed by atoms with E-state index in [1.807, 2.05) is 0 Å². The molecule has 11 aromatic rings. The number of aromatic nitrogens is 1. The predicted molar refractivity (Wildman–Crippen MR) is 321 cm³/mol. The minimum absolute atomic E-state index is 0.00415. The summed E-state index contributed by atoms with van der Waals surface area (Å²) in [5.74, 6) is 0. The first-order valence-electron chi connectivity index (χ1n) is 28.3. The second-order valence-electron chi connectivity index (χ2n) is 28.2. The van der Waals surface area contributed by atoms with Gasteiger partial charge in [0.25, 0.3) is 0 Å². The van der Waals surface area contributed by atoms with Crippen molar-refractivity contribution in [3.63, 3.8) is 0 Å². The van der Waals surface area contributed by atoms with Crippen molar-refractivity contribution in [2.24, 2.45) is 0 Å². The van der Waals surface area contributed by atoms with Gasteiger partial charge < -0.3 is 18.2 Å². The molecule has 0 saturated carbocycles. The Morgan fingerprint density at radius 1 is 0.474 bits per heavy atom. The monoisotopic (exact) mass is 991 g/mol. The molecule has 0 saturated heterocycles. The third kappa shape index (κ3) is 5.57. The van der Waals surface area contributed by atoms with Crippen molar-refractivity contribution in [1.29, 1.82) is 0 Å². The van der Waals surface area contributed by atoms with Crippen LogP contribution in [0.4, 0.5) is 11.4 Å². The molecule has 16 rings (SSSR count). The molecule has 0 N–H and O–H groups in total. The van der Waals surface area contributed by atoms with E-state index in [2.05, 4.69) is 221 Å². The topological polar surface area (TPSA) is 34.5 Å². The van der Waals surface area contributed by atoms with E-state index >= 15 is 0 Å². The number of rotatable bonds is 1. The summed E-state index contributed by atoms with van der Waals surface area (Å²) in [5, 5.41) is 7.42. The largest absolute Gasteiger partial charge is 0.456 e. The van der Waals surface area contributed by atoms with Crippen molar-refractivity contribution in [3.05, 3.63) is 160 Å². The fourth-order valence-corrected chi connectivity index (χ4v) is 15.9. The van der Waals surface area contributed by atoms with E-state index in [0.717, 1.165) is 58.8 Å². The van der Waals surface area contributed by atoms with Gasteiger partial charge in [-0.05, 0) is 174 Å². The van der Waals surface area contributed by atoms with Crippen molar-refractivity contribution < 1.29 is 8.83 Å². The molecule has 0 bridgehead atoms. The smallest absolute Gasteiger partial charge is 0.333 e. The lowest BCUT2D eigenvalue weighted by Crippen LogP contribution is -2.60. The molecule has 0 amide bonds. The summed E-state index contributed by atoms with van der Waals surface area (Å²) >= 11 is 0. The maximum atomic E-state index is 7.28. The van der Waals surface area contributed by atoms with Gasteiger partial charge in [-0.3, -0.25) is 0 Å². The quantitative estimate of drug-likeness (QED) is 0.154.